The Bertz CT molecular complexity index is 1540. The summed E-state index contributed by atoms with van der Waals surface area (Å²) in [5.74, 6) is 1.04. The number of carbonyl (C=O) groups is 2. The Balaban J connectivity index is 1.33. The molecule has 2 N–H and O–H groups in total. The molecule has 2 atom stereocenters. The third-order valence-electron chi connectivity index (χ3n) is 7.62. The predicted molar refractivity (Wildman–Crippen MR) is 164 cm³/mol. The Kier molecular flexibility index (Phi) is 9.06. The van der Waals surface area contributed by atoms with Gasteiger partial charge in [-0.25, -0.2) is 19.6 Å². The van der Waals surface area contributed by atoms with E-state index in [9.17, 15) is 9.59 Å². The molecule has 11 nitrogen and oxygen atoms in total. The highest BCUT2D eigenvalue weighted by atomic mass is 16.2. The largest absolute Gasteiger partial charge is 0.372 e. The summed E-state index contributed by atoms with van der Waals surface area (Å²) in [6, 6.07) is 3.90. The molecule has 2 aliphatic rings. The summed E-state index contributed by atoms with van der Waals surface area (Å²) in [6.07, 6.45) is 16.0. The summed E-state index contributed by atoms with van der Waals surface area (Å²) in [4.78, 5) is 43.0. The van der Waals surface area contributed by atoms with E-state index in [0.29, 0.717) is 36.7 Å². The Morgan fingerprint density at radius 2 is 2.07 bits per heavy atom. The van der Waals surface area contributed by atoms with E-state index in [1.54, 1.807) is 18.6 Å². The highest BCUT2D eigenvalue weighted by Gasteiger charge is 2.31. The van der Waals surface area contributed by atoms with Gasteiger partial charge in [0.1, 0.15) is 18.0 Å². The molecule has 5 rings (SSSR count). The summed E-state index contributed by atoms with van der Waals surface area (Å²) < 4.78 is 1.96. The normalized spacial score (nSPS) is 18.7. The Labute approximate surface area is 246 Å². The molecule has 4 heterocycles. The molecule has 0 spiro atoms. The molecule has 0 aromatic carbocycles. The molecule has 0 radical (unpaired) electrons. The van der Waals surface area contributed by atoms with E-state index in [0.717, 1.165) is 48.1 Å². The quantitative estimate of drug-likeness (QED) is 0.355. The molecule has 1 aliphatic carbocycles. The van der Waals surface area contributed by atoms with Crippen molar-refractivity contribution in [1.82, 2.24) is 34.5 Å². The van der Waals surface area contributed by atoms with Gasteiger partial charge in [0, 0.05) is 50.4 Å². The maximum atomic E-state index is 13.0. The van der Waals surface area contributed by atoms with Crippen LogP contribution >= 0.6 is 0 Å². The number of hydrogen-bond donors (Lipinski definition) is 2. The summed E-state index contributed by atoms with van der Waals surface area (Å²) in [6.45, 7) is 4.07. The van der Waals surface area contributed by atoms with Gasteiger partial charge in [0.25, 0.3) is 5.91 Å². The Morgan fingerprint density at radius 1 is 1.21 bits per heavy atom. The third kappa shape index (κ3) is 6.41. The van der Waals surface area contributed by atoms with Gasteiger partial charge < -0.3 is 20.4 Å². The van der Waals surface area contributed by atoms with Crippen LogP contribution in [0, 0.1) is 0 Å². The van der Waals surface area contributed by atoms with Crippen molar-refractivity contribution in [2.24, 2.45) is 0 Å². The summed E-state index contributed by atoms with van der Waals surface area (Å²) >= 11 is 0. The number of amides is 2. The number of aryl methyl sites for hydroxylation is 1. The van der Waals surface area contributed by atoms with Crippen LogP contribution in [0.15, 0.2) is 60.6 Å². The van der Waals surface area contributed by atoms with Crippen LogP contribution in [0.3, 0.4) is 0 Å². The van der Waals surface area contributed by atoms with Gasteiger partial charge in [0.15, 0.2) is 5.65 Å². The second kappa shape index (κ2) is 13.1. The van der Waals surface area contributed by atoms with Crippen LogP contribution < -0.4 is 10.6 Å². The molecule has 1 aliphatic heterocycles. The van der Waals surface area contributed by atoms with Crippen LogP contribution in [0.5, 0.6) is 0 Å². The first-order valence-corrected chi connectivity index (χ1v) is 14.5. The van der Waals surface area contributed by atoms with Gasteiger partial charge in [-0.15, -0.1) is 0 Å². The molecular weight excluding hydrogens is 530 g/mol. The highest BCUT2D eigenvalue weighted by molar-refractivity contribution is 6.05. The van der Waals surface area contributed by atoms with E-state index < -0.39 is 0 Å². The first kappa shape index (κ1) is 29.1. The van der Waals surface area contributed by atoms with Crippen LogP contribution in [-0.4, -0.2) is 87.1 Å². The number of aromatic nitrogens is 5. The number of rotatable bonds is 10. The van der Waals surface area contributed by atoms with Crippen LogP contribution in [0.25, 0.3) is 11.0 Å². The van der Waals surface area contributed by atoms with Crippen LogP contribution in [0.1, 0.15) is 49.4 Å². The molecule has 1 unspecified atom stereocenters. The van der Waals surface area contributed by atoms with Gasteiger partial charge in [-0.2, -0.15) is 5.10 Å². The fourth-order valence-electron chi connectivity index (χ4n) is 5.48. The fourth-order valence-corrected chi connectivity index (χ4v) is 5.48. The second-order valence-electron chi connectivity index (χ2n) is 11.0. The van der Waals surface area contributed by atoms with E-state index in [-0.39, 0.29) is 23.8 Å². The van der Waals surface area contributed by atoms with Crippen molar-refractivity contribution in [3.63, 3.8) is 0 Å². The summed E-state index contributed by atoms with van der Waals surface area (Å²) in [7, 11) is 5.78. The van der Waals surface area contributed by atoms with Gasteiger partial charge in [-0.3, -0.25) is 9.59 Å². The lowest BCUT2D eigenvalue weighted by Gasteiger charge is -2.16. The zero-order valence-electron chi connectivity index (χ0n) is 24.7. The molecule has 0 bridgehead atoms. The monoisotopic (exact) mass is 569 g/mol. The second-order valence-corrected chi connectivity index (χ2v) is 11.0. The van der Waals surface area contributed by atoms with Crippen molar-refractivity contribution >= 4 is 34.5 Å². The van der Waals surface area contributed by atoms with E-state index in [2.05, 4.69) is 32.5 Å². The minimum atomic E-state index is -0.184. The predicted octanol–water partition coefficient (Wildman–Crippen LogP) is 3.72. The number of fused-ring (bicyclic) bond motifs is 1. The van der Waals surface area contributed by atoms with Crippen molar-refractivity contribution in [3.05, 3.63) is 71.9 Å². The number of carbonyl (C=O) groups excluding carboxylic acids is 2. The van der Waals surface area contributed by atoms with Crippen molar-refractivity contribution in [3.8, 4) is 0 Å². The lowest BCUT2D eigenvalue weighted by atomic mass is 9.92. The summed E-state index contributed by atoms with van der Waals surface area (Å²) in [5.41, 5.74) is 3.34. The molecule has 11 heteroatoms. The van der Waals surface area contributed by atoms with Crippen molar-refractivity contribution in [1.29, 1.82) is 0 Å². The van der Waals surface area contributed by atoms with E-state index in [1.807, 2.05) is 72.1 Å². The molecule has 1 fully saturated rings. The zero-order chi connectivity index (χ0) is 29.6. The number of hydrogen-bond acceptors (Lipinski definition) is 8. The van der Waals surface area contributed by atoms with Crippen LogP contribution in [-0.2, 0) is 16.0 Å². The Hall–Kier alpha value is -4.38. The van der Waals surface area contributed by atoms with Gasteiger partial charge in [-0.05, 0) is 51.1 Å². The minimum absolute atomic E-state index is 0.00692. The number of nitrogens with zero attached hydrogens (tertiary/aromatic N) is 7. The first-order chi connectivity index (χ1) is 20.4. The Morgan fingerprint density at radius 3 is 2.81 bits per heavy atom. The molecule has 220 valence electrons. The number of anilines is 2. The fraction of sp³-hybridized carbons (Fsp3) is 0.419. The van der Waals surface area contributed by atoms with Crippen molar-refractivity contribution < 1.29 is 9.59 Å². The van der Waals surface area contributed by atoms with Gasteiger partial charge in [0.2, 0.25) is 5.91 Å². The van der Waals surface area contributed by atoms with E-state index in [4.69, 9.17) is 5.10 Å². The molecule has 0 saturated carbocycles. The lowest BCUT2D eigenvalue weighted by molar-refractivity contribution is -0.125. The van der Waals surface area contributed by atoms with Gasteiger partial charge in [0.05, 0.1) is 17.1 Å². The average molecular weight is 570 g/mol. The topological polar surface area (TPSA) is 121 Å². The number of pyridine rings is 1. The lowest BCUT2D eigenvalue weighted by Crippen LogP contribution is -2.28. The number of likely N-dealkylation sites (tertiary alicyclic amines) is 1. The molecule has 1 saturated heterocycles. The average Bonchev–Trinajstić information content (AvgIpc) is 3.63. The maximum Gasteiger partial charge on any atom is 0.256 e. The van der Waals surface area contributed by atoms with E-state index >= 15 is 0 Å². The van der Waals surface area contributed by atoms with Crippen LogP contribution in [0.2, 0.25) is 0 Å². The number of likely N-dealkylation sites (N-methyl/N-ethyl adjacent to an activating group) is 1. The molecule has 2 amide bonds. The molecule has 3 aromatic heterocycles. The maximum absolute atomic E-state index is 13.0. The number of allylic oxidation sites excluding steroid dienone is 2. The molecule has 42 heavy (non-hydrogen) atoms. The minimum Gasteiger partial charge on any atom is -0.372 e. The van der Waals surface area contributed by atoms with Gasteiger partial charge in [-0.1, -0.05) is 37.6 Å². The zero-order valence-corrected chi connectivity index (χ0v) is 24.7. The third-order valence-corrected chi connectivity index (χ3v) is 7.62. The molecule has 3 aromatic rings. The molecular formula is C31H39N9O2. The highest BCUT2D eigenvalue weighted by Crippen LogP contribution is 2.36. The number of nitrogens with one attached hydrogen (secondary N) is 2. The van der Waals surface area contributed by atoms with Crippen LogP contribution in [0.4, 0.5) is 11.6 Å². The van der Waals surface area contributed by atoms with Gasteiger partial charge >= 0.3 is 0 Å². The van der Waals surface area contributed by atoms with E-state index in [1.165, 1.54) is 0 Å². The smallest absolute Gasteiger partial charge is 0.256 e. The first-order valence-electron chi connectivity index (χ1n) is 14.5. The standard InChI is InChI=1S/C31H39N9O2/c1-5-7-21-13-15-33-25(18-21)36-31(42)23-11-9-22(10-12-23)28-27-29(32-2)34-20-35-30(27)40(37-28)24-14-17-39(19-24)26(41)8-6-16-38(3)4/h6,8-9,11-13,15,18,20,22,24H,5,7,10,14,16-17,19H2,1-4H3,(H,32,34,35)(H,33,36,42)/b8-6+/t22?,24-/m1/s1. The SMILES string of the molecule is CCCc1ccnc(NC(=O)C2=CCC(c3nn([C@@H]4CCN(C(=O)/C=C/CN(C)C)C4)c4ncnc(NC)c34)C=C2)c1. The van der Waals surface area contributed by atoms with Crippen molar-refractivity contribution in [2.75, 3.05) is 51.4 Å². The summed E-state index contributed by atoms with van der Waals surface area (Å²) in [5, 5.41) is 12.0. The van der Waals surface area contributed by atoms with Crippen molar-refractivity contribution in [2.45, 2.75) is 44.6 Å².